The number of rotatable bonds is 6. The third-order valence-electron chi connectivity index (χ3n) is 4.81. The lowest BCUT2D eigenvalue weighted by atomic mass is 9.88. The largest absolute Gasteiger partial charge is 0.469 e. The molecule has 5 nitrogen and oxygen atoms in total. The van der Waals surface area contributed by atoms with Gasteiger partial charge in [-0.25, -0.2) is 8.42 Å². The number of ether oxygens (including phenoxy) is 1. The summed E-state index contributed by atoms with van der Waals surface area (Å²) < 4.78 is 72.7. The van der Waals surface area contributed by atoms with Crippen molar-refractivity contribution in [2.24, 2.45) is 5.92 Å². The highest BCUT2D eigenvalue weighted by Crippen LogP contribution is 2.39. The summed E-state index contributed by atoms with van der Waals surface area (Å²) >= 11 is 5.83. The Morgan fingerprint density at radius 2 is 1.97 bits per heavy atom. The van der Waals surface area contributed by atoms with Crippen molar-refractivity contribution >= 4 is 27.6 Å². The third kappa shape index (κ3) is 5.14. The molecule has 164 valence electrons. The standard InChI is InChI=1S/C20H21ClF3NO4S/c1-4-14(11-13(2)21)17-12-15(19(26)29-3)9-10-25(17)30(27,28)18-8-6-5-7-16(18)20(22,23)24/h4-8,11,15,17H,1-2,9-10,12H2,3H3/b14-11+. The lowest BCUT2D eigenvalue weighted by molar-refractivity contribution is -0.147. The van der Waals surface area contributed by atoms with Crippen LogP contribution < -0.4 is 0 Å². The summed E-state index contributed by atoms with van der Waals surface area (Å²) in [7, 11) is -3.36. The molecular formula is C20H21ClF3NO4S. The van der Waals surface area contributed by atoms with Gasteiger partial charge in [0.05, 0.1) is 29.5 Å². The highest BCUT2D eigenvalue weighted by Gasteiger charge is 2.44. The van der Waals surface area contributed by atoms with Crippen LogP contribution in [0.15, 0.2) is 65.1 Å². The molecule has 1 saturated heterocycles. The molecule has 2 atom stereocenters. The van der Waals surface area contributed by atoms with Gasteiger partial charge in [-0.2, -0.15) is 17.5 Å². The maximum Gasteiger partial charge on any atom is 0.417 e. The molecule has 1 aliphatic heterocycles. The number of allylic oxidation sites excluding steroid dienone is 2. The summed E-state index contributed by atoms with van der Waals surface area (Å²) in [5, 5.41) is 0.0816. The number of benzene rings is 1. The number of hydrogen-bond donors (Lipinski definition) is 0. The number of methoxy groups -OCH3 is 1. The SMILES string of the molecule is C=C/C(=C\C(=C)Cl)C1CC(C(=O)OC)CCN1S(=O)(=O)c1ccccc1C(F)(F)F. The molecule has 0 aliphatic carbocycles. The maximum atomic E-state index is 13.5. The van der Waals surface area contributed by atoms with Crippen molar-refractivity contribution in [1.29, 1.82) is 0 Å². The summed E-state index contributed by atoms with van der Waals surface area (Å²) in [6, 6.07) is 3.01. The van der Waals surface area contributed by atoms with Gasteiger partial charge in [0.25, 0.3) is 0 Å². The number of sulfonamides is 1. The van der Waals surface area contributed by atoms with E-state index >= 15 is 0 Å². The molecule has 0 aromatic heterocycles. The molecule has 1 fully saturated rings. The lowest BCUT2D eigenvalue weighted by Gasteiger charge is -2.38. The molecule has 0 bridgehead atoms. The first-order valence-corrected chi connectivity index (χ1v) is 10.7. The fourth-order valence-electron chi connectivity index (χ4n) is 3.44. The van der Waals surface area contributed by atoms with Gasteiger partial charge in [0.15, 0.2) is 0 Å². The Balaban J connectivity index is 2.61. The van der Waals surface area contributed by atoms with Crippen molar-refractivity contribution in [2.75, 3.05) is 13.7 Å². The molecule has 1 heterocycles. The van der Waals surface area contributed by atoms with E-state index in [1.807, 2.05) is 0 Å². The predicted octanol–water partition coefficient (Wildman–Crippen LogP) is 4.51. The molecule has 0 N–H and O–H groups in total. The van der Waals surface area contributed by atoms with Gasteiger partial charge in [0, 0.05) is 11.6 Å². The fourth-order valence-corrected chi connectivity index (χ4v) is 5.42. The molecule has 10 heteroatoms. The highest BCUT2D eigenvalue weighted by molar-refractivity contribution is 7.89. The Kier molecular flexibility index (Phi) is 7.54. The minimum absolute atomic E-state index is 0.00209. The van der Waals surface area contributed by atoms with Crippen molar-refractivity contribution in [3.05, 3.63) is 65.7 Å². The van der Waals surface area contributed by atoms with Gasteiger partial charge in [-0.15, -0.1) is 0 Å². The van der Waals surface area contributed by atoms with Crippen LogP contribution in [0.4, 0.5) is 13.2 Å². The molecule has 1 aromatic rings. The minimum atomic E-state index is -4.86. The van der Waals surface area contributed by atoms with Crippen molar-refractivity contribution in [3.8, 4) is 0 Å². The van der Waals surface area contributed by atoms with E-state index in [2.05, 4.69) is 13.2 Å². The summed E-state index contributed by atoms with van der Waals surface area (Å²) in [6.07, 6.45) is -2.04. The van der Waals surface area contributed by atoms with Crippen molar-refractivity contribution in [1.82, 2.24) is 4.31 Å². The van der Waals surface area contributed by atoms with Crippen LogP contribution in [0, 0.1) is 5.92 Å². The van der Waals surface area contributed by atoms with E-state index in [1.165, 1.54) is 25.3 Å². The van der Waals surface area contributed by atoms with Crippen LogP contribution in [0.5, 0.6) is 0 Å². The number of nitrogens with zero attached hydrogens (tertiary/aromatic N) is 1. The Morgan fingerprint density at radius 3 is 2.50 bits per heavy atom. The quantitative estimate of drug-likeness (QED) is 0.460. The van der Waals surface area contributed by atoms with Crippen molar-refractivity contribution in [3.63, 3.8) is 0 Å². The second-order valence-electron chi connectivity index (χ2n) is 6.67. The lowest BCUT2D eigenvalue weighted by Crippen LogP contribution is -2.48. The first-order chi connectivity index (χ1) is 13.9. The monoisotopic (exact) mass is 463 g/mol. The first-order valence-electron chi connectivity index (χ1n) is 8.87. The van der Waals surface area contributed by atoms with Crippen molar-refractivity contribution in [2.45, 2.75) is 30.0 Å². The van der Waals surface area contributed by atoms with E-state index < -0.39 is 44.6 Å². The zero-order valence-corrected chi connectivity index (χ0v) is 17.7. The topological polar surface area (TPSA) is 63.7 Å². The third-order valence-corrected chi connectivity index (χ3v) is 6.89. The van der Waals surface area contributed by atoms with Crippen LogP contribution >= 0.6 is 11.6 Å². The zero-order valence-electron chi connectivity index (χ0n) is 16.2. The number of halogens is 4. The second kappa shape index (κ2) is 9.36. The van der Waals surface area contributed by atoms with Crippen LogP contribution in [0.25, 0.3) is 0 Å². The minimum Gasteiger partial charge on any atom is -0.469 e. The smallest absolute Gasteiger partial charge is 0.417 e. The van der Waals surface area contributed by atoms with E-state index in [4.69, 9.17) is 16.3 Å². The van der Waals surface area contributed by atoms with Gasteiger partial charge >= 0.3 is 12.1 Å². The average molecular weight is 464 g/mol. The van der Waals surface area contributed by atoms with Gasteiger partial charge in [0.1, 0.15) is 0 Å². The molecule has 0 saturated carbocycles. The van der Waals surface area contributed by atoms with Crippen LogP contribution in [0.2, 0.25) is 0 Å². The van der Waals surface area contributed by atoms with Crippen LogP contribution in [-0.2, 0) is 25.7 Å². The van der Waals surface area contributed by atoms with Crippen LogP contribution in [0.3, 0.4) is 0 Å². The molecular weight excluding hydrogens is 443 g/mol. The molecule has 30 heavy (non-hydrogen) atoms. The molecule has 0 spiro atoms. The van der Waals surface area contributed by atoms with Gasteiger partial charge in [-0.3, -0.25) is 4.79 Å². The number of hydrogen-bond acceptors (Lipinski definition) is 4. The van der Waals surface area contributed by atoms with E-state index in [0.29, 0.717) is 11.6 Å². The summed E-state index contributed by atoms with van der Waals surface area (Å²) in [5.41, 5.74) is -0.943. The van der Waals surface area contributed by atoms with E-state index in [1.54, 1.807) is 0 Å². The van der Waals surface area contributed by atoms with Gasteiger partial charge in [0.2, 0.25) is 10.0 Å². The second-order valence-corrected chi connectivity index (χ2v) is 9.01. The maximum absolute atomic E-state index is 13.5. The predicted molar refractivity (Wildman–Crippen MR) is 107 cm³/mol. The molecule has 2 rings (SSSR count). The fraction of sp³-hybridized carbons (Fsp3) is 0.350. The highest BCUT2D eigenvalue weighted by atomic mass is 35.5. The first kappa shape index (κ1) is 24.2. The van der Waals surface area contributed by atoms with Gasteiger partial charge < -0.3 is 4.74 Å². The van der Waals surface area contributed by atoms with E-state index in [0.717, 1.165) is 16.4 Å². The average Bonchev–Trinajstić information content (AvgIpc) is 2.70. The number of carbonyl (C=O) groups is 1. The molecule has 1 aromatic carbocycles. The Bertz CT molecular complexity index is 973. The molecule has 2 unspecified atom stereocenters. The van der Waals surface area contributed by atoms with E-state index in [-0.39, 0.29) is 24.4 Å². The zero-order chi connectivity index (χ0) is 22.7. The number of carbonyl (C=O) groups excluding carboxylic acids is 1. The Hall–Kier alpha value is -2.10. The van der Waals surface area contributed by atoms with Crippen molar-refractivity contribution < 1.29 is 31.1 Å². The normalized spacial score (nSPS) is 21.2. The number of piperidine rings is 1. The Labute approximate surface area is 178 Å². The van der Waals surface area contributed by atoms with E-state index in [9.17, 15) is 26.4 Å². The van der Waals surface area contributed by atoms with Gasteiger partial charge in [-0.1, -0.05) is 43.0 Å². The summed E-state index contributed by atoms with van der Waals surface area (Å²) in [5.74, 6) is -1.16. The summed E-state index contributed by atoms with van der Waals surface area (Å²) in [4.78, 5) is 11.2. The summed E-state index contributed by atoms with van der Waals surface area (Å²) in [6.45, 7) is 6.99. The molecule has 1 aliphatic rings. The number of esters is 1. The van der Waals surface area contributed by atoms with Gasteiger partial charge in [-0.05, 0) is 36.6 Å². The van der Waals surface area contributed by atoms with Crippen LogP contribution in [0.1, 0.15) is 18.4 Å². The van der Waals surface area contributed by atoms with Crippen LogP contribution in [-0.4, -0.2) is 38.4 Å². The molecule has 0 amide bonds. The number of alkyl halides is 3. The Morgan fingerprint density at radius 1 is 1.33 bits per heavy atom. The molecule has 0 radical (unpaired) electrons.